The molecular weight excluding hydrogens is 566 g/mol. The van der Waals surface area contributed by atoms with Crippen molar-refractivity contribution in [3.63, 3.8) is 0 Å². The number of morpholine rings is 1. The van der Waals surface area contributed by atoms with Crippen molar-refractivity contribution in [1.82, 2.24) is 29.7 Å². The van der Waals surface area contributed by atoms with Crippen LogP contribution in [0.2, 0.25) is 5.02 Å². The Morgan fingerprint density at radius 2 is 1.88 bits per heavy atom. The number of halogens is 1. The molecule has 0 spiro atoms. The number of nitrogens with one attached hydrogen (secondary N) is 1. The van der Waals surface area contributed by atoms with Crippen LogP contribution in [-0.2, 0) is 4.74 Å². The molecule has 11 heteroatoms. The Bertz CT molecular complexity index is 1850. The lowest BCUT2D eigenvalue weighted by Gasteiger charge is -2.39. The third-order valence-electron chi connectivity index (χ3n) is 8.35. The number of anilines is 1. The number of allylic oxidation sites excluding steroid dienone is 1. The van der Waals surface area contributed by atoms with E-state index in [4.69, 9.17) is 30.8 Å². The number of aromatic amines is 1. The molecular formula is C32H32ClN7O3. The van der Waals surface area contributed by atoms with Gasteiger partial charge in [-0.2, -0.15) is 0 Å². The summed E-state index contributed by atoms with van der Waals surface area (Å²) in [4.78, 5) is 31.4. The van der Waals surface area contributed by atoms with E-state index in [0.717, 1.165) is 48.3 Å². The Hall–Kier alpha value is -4.28. The molecule has 0 amide bonds. The van der Waals surface area contributed by atoms with Gasteiger partial charge in [0.15, 0.2) is 0 Å². The highest BCUT2D eigenvalue weighted by Crippen LogP contribution is 2.39. The van der Waals surface area contributed by atoms with Gasteiger partial charge in [0.05, 0.1) is 35.0 Å². The van der Waals surface area contributed by atoms with Crippen LogP contribution in [0.5, 0.6) is 0 Å². The quantitative estimate of drug-likeness (QED) is 0.244. The fourth-order valence-corrected chi connectivity index (χ4v) is 6.23. The van der Waals surface area contributed by atoms with Crippen molar-refractivity contribution in [1.29, 1.82) is 0 Å². The zero-order valence-corrected chi connectivity index (χ0v) is 24.8. The van der Waals surface area contributed by atoms with Crippen molar-refractivity contribution in [2.75, 3.05) is 18.1 Å². The van der Waals surface area contributed by atoms with Crippen LogP contribution in [0.4, 0.5) is 5.95 Å². The molecule has 2 fully saturated rings. The minimum absolute atomic E-state index is 0.0156. The summed E-state index contributed by atoms with van der Waals surface area (Å²) < 4.78 is 13.2. The largest absolute Gasteiger partial charge is 0.439 e. The third-order valence-corrected chi connectivity index (χ3v) is 8.56. The van der Waals surface area contributed by atoms with E-state index in [1.54, 1.807) is 12.4 Å². The first-order valence-electron chi connectivity index (χ1n) is 14.7. The molecule has 1 saturated heterocycles. The number of benzene rings is 1. The summed E-state index contributed by atoms with van der Waals surface area (Å²) in [5.74, 6) is 1.08. The molecule has 0 bridgehead atoms. The summed E-state index contributed by atoms with van der Waals surface area (Å²) in [6.07, 6.45) is 9.96. The van der Waals surface area contributed by atoms with Crippen molar-refractivity contribution in [2.45, 2.75) is 51.7 Å². The number of hydrogen-bond acceptors (Lipinski definition) is 8. The van der Waals surface area contributed by atoms with E-state index in [-0.39, 0.29) is 18.0 Å². The van der Waals surface area contributed by atoms with E-state index in [1.807, 2.05) is 18.2 Å². The number of aromatic nitrogens is 6. The fourth-order valence-electron chi connectivity index (χ4n) is 6.06. The van der Waals surface area contributed by atoms with Crippen LogP contribution in [0.3, 0.4) is 0 Å². The van der Waals surface area contributed by atoms with Crippen molar-refractivity contribution in [3.05, 3.63) is 81.6 Å². The predicted molar refractivity (Wildman–Crippen MR) is 166 cm³/mol. The van der Waals surface area contributed by atoms with E-state index in [2.05, 4.69) is 68.9 Å². The molecule has 5 heterocycles. The number of imidazole rings is 1. The summed E-state index contributed by atoms with van der Waals surface area (Å²) in [5.41, 5.74) is 5.84. The number of hydrogen-bond donors (Lipinski definition) is 1. The van der Waals surface area contributed by atoms with Crippen LogP contribution in [-0.4, -0.2) is 48.9 Å². The number of H-pyrrole nitrogens is 1. The van der Waals surface area contributed by atoms with Crippen LogP contribution in [0.1, 0.15) is 51.1 Å². The average molecular weight is 598 g/mol. The minimum Gasteiger partial charge on any atom is -0.374 e. The van der Waals surface area contributed by atoms with Crippen molar-refractivity contribution in [2.24, 2.45) is 5.92 Å². The predicted octanol–water partition coefficient (Wildman–Crippen LogP) is 6.51. The zero-order valence-electron chi connectivity index (χ0n) is 24.0. The van der Waals surface area contributed by atoms with Crippen LogP contribution < -0.4 is 10.7 Å². The molecule has 1 aromatic carbocycles. The number of rotatable bonds is 5. The Labute approximate surface area is 253 Å². The highest BCUT2D eigenvalue weighted by Gasteiger charge is 2.33. The van der Waals surface area contributed by atoms with E-state index in [0.29, 0.717) is 41.0 Å². The van der Waals surface area contributed by atoms with Crippen LogP contribution in [0, 0.1) is 5.92 Å². The van der Waals surface area contributed by atoms with E-state index >= 15 is 0 Å². The van der Waals surface area contributed by atoms with Gasteiger partial charge in [-0.05, 0) is 56.2 Å². The summed E-state index contributed by atoms with van der Waals surface area (Å²) >= 11 is 6.42. The van der Waals surface area contributed by atoms with Gasteiger partial charge in [0.25, 0.3) is 0 Å². The first-order chi connectivity index (χ1) is 20.9. The van der Waals surface area contributed by atoms with Crippen molar-refractivity contribution >= 4 is 34.8 Å². The summed E-state index contributed by atoms with van der Waals surface area (Å²) in [6, 6.07) is 14.0. The number of pyridine rings is 2. The molecule has 2 atom stereocenters. The van der Waals surface area contributed by atoms with E-state index in [1.165, 1.54) is 5.57 Å². The summed E-state index contributed by atoms with van der Waals surface area (Å²) in [7, 11) is 0. The molecule has 2 aliphatic rings. The van der Waals surface area contributed by atoms with Gasteiger partial charge in [-0.15, -0.1) is 0 Å². The van der Waals surface area contributed by atoms with Crippen LogP contribution >= 0.6 is 11.6 Å². The second kappa shape index (κ2) is 11.4. The SMILES string of the molecule is CC1CCC(=Cn2c(N3CC(C)OCC3c3ccccc3)nc3cc(-c4noc(=O)[nH]4)nc(-c4cncc(Cl)c4)c32)CC1. The zero-order chi connectivity index (χ0) is 29.5. The first kappa shape index (κ1) is 27.5. The third kappa shape index (κ3) is 5.48. The highest BCUT2D eigenvalue weighted by atomic mass is 35.5. The topological polar surface area (TPSA) is 115 Å². The molecule has 43 heavy (non-hydrogen) atoms. The lowest BCUT2D eigenvalue weighted by Crippen LogP contribution is -2.44. The minimum atomic E-state index is -0.654. The molecule has 4 aromatic heterocycles. The number of nitrogens with zero attached hydrogens (tertiary/aromatic N) is 6. The number of fused-ring (bicyclic) bond motifs is 1. The molecule has 1 aliphatic heterocycles. The van der Waals surface area contributed by atoms with Gasteiger partial charge in [0.1, 0.15) is 11.2 Å². The molecule has 10 nitrogen and oxygen atoms in total. The van der Waals surface area contributed by atoms with Crippen molar-refractivity contribution in [3.8, 4) is 22.8 Å². The Morgan fingerprint density at radius 3 is 2.63 bits per heavy atom. The summed E-state index contributed by atoms with van der Waals surface area (Å²) in [5, 5.41) is 4.40. The molecule has 1 N–H and O–H groups in total. The van der Waals surface area contributed by atoms with Gasteiger partial charge in [0.2, 0.25) is 11.8 Å². The van der Waals surface area contributed by atoms with Crippen LogP contribution in [0.25, 0.3) is 40.0 Å². The lowest BCUT2D eigenvalue weighted by atomic mass is 9.87. The van der Waals surface area contributed by atoms with Gasteiger partial charge < -0.3 is 9.64 Å². The first-order valence-corrected chi connectivity index (χ1v) is 15.0. The van der Waals surface area contributed by atoms with Gasteiger partial charge in [-0.1, -0.05) is 59.6 Å². The molecule has 7 rings (SSSR count). The van der Waals surface area contributed by atoms with Crippen molar-refractivity contribution < 1.29 is 9.26 Å². The average Bonchev–Trinajstić information content (AvgIpc) is 3.61. The Balaban J connectivity index is 1.50. The molecule has 220 valence electrons. The maximum absolute atomic E-state index is 11.9. The maximum atomic E-state index is 11.9. The lowest BCUT2D eigenvalue weighted by molar-refractivity contribution is 0.0296. The van der Waals surface area contributed by atoms with E-state index < -0.39 is 5.76 Å². The van der Waals surface area contributed by atoms with Gasteiger partial charge >= 0.3 is 5.76 Å². The Kier molecular flexibility index (Phi) is 7.32. The normalized spacial score (nSPS) is 21.0. The Morgan fingerprint density at radius 1 is 1.07 bits per heavy atom. The van der Waals surface area contributed by atoms with E-state index in [9.17, 15) is 4.79 Å². The monoisotopic (exact) mass is 597 g/mol. The number of ether oxygens (including phenoxy) is 1. The van der Waals surface area contributed by atoms with Gasteiger partial charge in [-0.25, -0.2) is 14.8 Å². The second-order valence-electron chi connectivity index (χ2n) is 11.5. The second-order valence-corrected chi connectivity index (χ2v) is 12.0. The summed E-state index contributed by atoms with van der Waals surface area (Å²) in [6.45, 7) is 5.61. The van der Waals surface area contributed by atoms with Gasteiger partial charge in [0, 0.05) is 30.7 Å². The highest BCUT2D eigenvalue weighted by molar-refractivity contribution is 6.30. The standard InChI is InChI=1S/C32H32ClN7O3/c1-19-8-10-21(11-9-19)17-40-29-25(36-31(40)39-16-20(2)42-18-27(39)22-6-4-3-5-7-22)13-26(30-37-32(41)43-38-30)35-28(29)23-12-24(33)15-34-14-23/h3-7,12-15,17,19-20,27H,8-11,16,18H2,1-2H3,(H,37,38,41). The molecule has 0 radical (unpaired) electrons. The smallest absolute Gasteiger partial charge is 0.374 e. The molecule has 1 aliphatic carbocycles. The fraction of sp³-hybridized carbons (Fsp3) is 0.344. The molecule has 2 unspecified atom stereocenters. The van der Waals surface area contributed by atoms with Gasteiger partial charge in [-0.3, -0.25) is 19.1 Å². The maximum Gasteiger partial charge on any atom is 0.439 e. The molecule has 1 saturated carbocycles. The van der Waals surface area contributed by atoms with Crippen LogP contribution in [0.15, 0.2) is 69.7 Å². The molecule has 5 aromatic rings.